The normalized spacial score (nSPS) is 9.20. The maximum atomic E-state index is 10.2. The van der Waals surface area contributed by atoms with Gasteiger partial charge in [0.05, 0.1) is 5.56 Å². The summed E-state index contributed by atoms with van der Waals surface area (Å²) in [5.74, 6) is -0.0378. The van der Waals surface area contributed by atoms with Gasteiger partial charge in [-0.2, -0.15) is 0 Å². The molecule has 3 N–H and O–H groups in total. The number of aromatic hydroxyl groups is 1. The van der Waals surface area contributed by atoms with Crippen molar-refractivity contribution in [1.82, 2.24) is 0 Å². The molecule has 0 aromatic heterocycles. The standard InChI is InChI=1S/C7H7NO2/c8-6-1-2-7(10)5(3-6)4-9/h1-4,10H,8H2. The van der Waals surface area contributed by atoms with E-state index in [1.54, 1.807) is 0 Å². The molecular formula is C7H7NO2. The van der Waals surface area contributed by atoms with Crippen molar-refractivity contribution < 1.29 is 9.90 Å². The number of benzene rings is 1. The Morgan fingerprint density at radius 3 is 2.70 bits per heavy atom. The molecule has 0 fully saturated rings. The van der Waals surface area contributed by atoms with E-state index in [2.05, 4.69) is 0 Å². The van der Waals surface area contributed by atoms with Crippen LogP contribution >= 0.6 is 0 Å². The minimum absolute atomic E-state index is 0.0378. The predicted octanol–water partition coefficient (Wildman–Crippen LogP) is 0.787. The Morgan fingerprint density at radius 1 is 1.50 bits per heavy atom. The molecule has 1 aromatic carbocycles. The summed E-state index contributed by atoms with van der Waals surface area (Å²) in [5, 5.41) is 8.95. The third-order valence-corrected chi connectivity index (χ3v) is 1.18. The molecule has 0 amide bonds. The molecule has 0 spiro atoms. The van der Waals surface area contributed by atoms with Crippen LogP contribution in [0.15, 0.2) is 18.2 Å². The number of phenols is 1. The van der Waals surface area contributed by atoms with E-state index in [0.29, 0.717) is 12.0 Å². The molecule has 0 bridgehead atoms. The Hall–Kier alpha value is -1.51. The van der Waals surface area contributed by atoms with Crippen LogP contribution in [0, 0.1) is 0 Å². The fourth-order valence-electron chi connectivity index (χ4n) is 0.667. The maximum absolute atomic E-state index is 10.2. The molecule has 0 heterocycles. The first kappa shape index (κ1) is 6.61. The Labute approximate surface area is 58.1 Å². The lowest BCUT2D eigenvalue weighted by molar-refractivity contribution is 0.112. The van der Waals surface area contributed by atoms with E-state index in [-0.39, 0.29) is 11.3 Å². The number of hydrogen-bond acceptors (Lipinski definition) is 3. The number of nitrogens with two attached hydrogens (primary N) is 1. The fourth-order valence-corrected chi connectivity index (χ4v) is 0.667. The second-order valence-electron chi connectivity index (χ2n) is 1.94. The zero-order valence-corrected chi connectivity index (χ0v) is 5.24. The molecule has 0 saturated carbocycles. The van der Waals surface area contributed by atoms with Gasteiger partial charge in [0.1, 0.15) is 5.75 Å². The summed E-state index contributed by atoms with van der Waals surface area (Å²) >= 11 is 0. The zero-order chi connectivity index (χ0) is 7.56. The number of rotatable bonds is 1. The van der Waals surface area contributed by atoms with Crippen LogP contribution in [-0.4, -0.2) is 11.4 Å². The highest BCUT2D eigenvalue weighted by Crippen LogP contribution is 2.16. The molecule has 10 heavy (non-hydrogen) atoms. The van der Waals surface area contributed by atoms with Crippen molar-refractivity contribution in [3.8, 4) is 5.75 Å². The van der Waals surface area contributed by atoms with Gasteiger partial charge in [0.2, 0.25) is 0 Å². The molecule has 0 aliphatic rings. The first-order chi connectivity index (χ1) is 4.74. The van der Waals surface area contributed by atoms with E-state index < -0.39 is 0 Å². The van der Waals surface area contributed by atoms with Gasteiger partial charge in [0, 0.05) is 5.69 Å². The third kappa shape index (κ3) is 1.07. The summed E-state index contributed by atoms with van der Waals surface area (Å²) in [6.07, 6.45) is 0.561. The van der Waals surface area contributed by atoms with Crippen LogP contribution in [-0.2, 0) is 0 Å². The Balaban J connectivity index is 3.21. The van der Waals surface area contributed by atoms with Crippen molar-refractivity contribution in [3.63, 3.8) is 0 Å². The largest absolute Gasteiger partial charge is 0.507 e. The van der Waals surface area contributed by atoms with Crippen LogP contribution in [0.3, 0.4) is 0 Å². The highest BCUT2D eigenvalue weighted by molar-refractivity contribution is 5.80. The maximum Gasteiger partial charge on any atom is 0.153 e. The average Bonchev–Trinajstić information content (AvgIpc) is 1.94. The molecule has 0 atom stereocenters. The van der Waals surface area contributed by atoms with Crippen LogP contribution < -0.4 is 5.73 Å². The van der Waals surface area contributed by atoms with E-state index >= 15 is 0 Å². The second kappa shape index (κ2) is 2.39. The number of nitrogen functional groups attached to an aromatic ring is 1. The average molecular weight is 137 g/mol. The molecule has 0 aliphatic carbocycles. The van der Waals surface area contributed by atoms with Gasteiger partial charge >= 0.3 is 0 Å². The Bertz CT molecular complexity index is 258. The topological polar surface area (TPSA) is 63.3 Å². The van der Waals surface area contributed by atoms with Crippen molar-refractivity contribution in [1.29, 1.82) is 0 Å². The zero-order valence-electron chi connectivity index (χ0n) is 5.24. The molecule has 3 nitrogen and oxygen atoms in total. The van der Waals surface area contributed by atoms with Crippen LogP contribution in [0.25, 0.3) is 0 Å². The lowest BCUT2D eigenvalue weighted by Gasteiger charge is -1.96. The van der Waals surface area contributed by atoms with Gasteiger partial charge < -0.3 is 10.8 Å². The first-order valence-corrected chi connectivity index (χ1v) is 2.77. The van der Waals surface area contributed by atoms with Crippen molar-refractivity contribution in [2.75, 3.05) is 5.73 Å². The Kier molecular flexibility index (Phi) is 1.58. The van der Waals surface area contributed by atoms with Crippen LogP contribution in [0.5, 0.6) is 5.75 Å². The van der Waals surface area contributed by atoms with Crippen molar-refractivity contribution in [3.05, 3.63) is 23.8 Å². The van der Waals surface area contributed by atoms with Crippen molar-refractivity contribution >= 4 is 12.0 Å². The van der Waals surface area contributed by atoms with E-state index in [0.717, 1.165) is 0 Å². The molecule has 0 saturated heterocycles. The molecule has 52 valence electrons. The quantitative estimate of drug-likeness (QED) is 0.341. The van der Waals surface area contributed by atoms with E-state index in [1.807, 2.05) is 0 Å². The van der Waals surface area contributed by atoms with Gasteiger partial charge in [-0.1, -0.05) is 0 Å². The number of aldehydes is 1. The summed E-state index contributed by atoms with van der Waals surface area (Å²) < 4.78 is 0. The highest BCUT2D eigenvalue weighted by Gasteiger charge is 1.97. The lowest BCUT2D eigenvalue weighted by atomic mass is 10.2. The van der Waals surface area contributed by atoms with Crippen molar-refractivity contribution in [2.24, 2.45) is 0 Å². The summed E-state index contributed by atoms with van der Waals surface area (Å²) in [5.41, 5.74) is 6.03. The summed E-state index contributed by atoms with van der Waals surface area (Å²) in [6, 6.07) is 4.34. The van der Waals surface area contributed by atoms with E-state index in [4.69, 9.17) is 10.8 Å². The monoisotopic (exact) mass is 137 g/mol. The van der Waals surface area contributed by atoms with Gasteiger partial charge in [-0.05, 0) is 18.2 Å². The lowest BCUT2D eigenvalue weighted by Crippen LogP contribution is -1.87. The predicted molar refractivity (Wildman–Crippen MR) is 37.9 cm³/mol. The summed E-state index contributed by atoms with van der Waals surface area (Å²) in [4.78, 5) is 10.2. The molecule has 1 rings (SSSR count). The fraction of sp³-hybridized carbons (Fsp3) is 0. The SMILES string of the molecule is Nc1ccc(O)c(C=O)c1. The molecule has 0 aliphatic heterocycles. The molecular weight excluding hydrogens is 130 g/mol. The number of carbonyl (C=O) groups is 1. The number of carbonyl (C=O) groups excluding carboxylic acids is 1. The summed E-state index contributed by atoms with van der Waals surface area (Å²) in [7, 11) is 0. The van der Waals surface area contributed by atoms with E-state index in [9.17, 15) is 4.79 Å². The summed E-state index contributed by atoms with van der Waals surface area (Å²) in [6.45, 7) is 0. The minimum Gasteiger partial charge on any atom is -0.507 e. The molecule has 1 aromatic rings. The van der Waals surface area contributed by atoms with Gasteiger partial charge in [0.15, 0.2) is 6.29 Å². The van der Waals surface area contributed by atoms with Gasteiger partial charge in [-0.25, -0.2) is 0 Å². The highest BCUT2D eigenvalue weighted by atomic mass is 16.3. The van der Waals surface area contributed by atoms with Crippen LogP contribution in [0.1, 0.15) is 10.4 Å². The number of anilines is 1. The Morgan fingerprint density at radius 2 is 2.20 bits per heavy atom. The van der Waals surface area contributed by atoms with E-state index in [1.165, 1.54) is 18.2 Å². The number of phenolic OH excluding ortho intramolecular Hbond substituents is 1. The van der Waals surface area contributed by atoms with Crippen LogP contribution in [0.4, 0.5) is 5.69 Å². The van der Waals surface area contributed by atoms with Gasteiger partial charge in [0.25, 0.3) is 0 Å². The second-order valence-corrected chi connectivity index (χ2v) is 1.94. The minimum atomic E-state index is -0.0378. The third-order valence-electron chi connectivity index (χ3n) is 1.18. The number of hydrogen-bond donors (Lipinski definition) is 2. The first-order valence-electron chi connectivity index (χ1n) is 2.77. The molecule has 0 unspecified atom stereocenters. The van der Waals surface area contributed by atoms with Gasteiger partial charge in [-0.15, -0.1) is 0 Å². The smallest absolute Gasteiger partial charge is 0.153 e. The van der Waals surface area contributed by atoms with Crippen molar-refractivity contribution in [2.45, 2.75) is 0 Å². The molecule has 3 heteroatoms. The van der Waals surface area contributed by atoms with Gasteiger partial charge in [-0.3, -0.25) is 4.79 Å². The molecule has 0 radical (unpaired) electrons. The van der Waals surface area contributed by atoms with Crippen LogP contribution in [0.2, 0.25) is 0 Å².